The van der Waals surface area contributed by atoms with Gasteiger partial charge in [0.05, 0.1) is 13.0 Å². The highest BCUT2D eigenvalue weighted by atomic mass is 19.3. The molecular weight excluding hydrogens is 242 g/mol. The van der Waals surface area contributed by atoms with Crippen molar-refractivity contribution in [2.45, 2.75) is 52.1 Å². The van der Waals surface area contributed by atoms with Gasteiger partial charge in [0.25, 0.3) is 6.43 Å². The Kier molecular flexibility index (Phi) is 10.0. The van der Waals surface area contributed by atoms with Crippen LogP contribution >= 0.6 is 0 Å². The van der Waals surface area contributed by atoms with Gasteiger partial charge in [-0.2, -0.15) is 0 Å². The van der Waals surface area contributed by atoms with E-state index in [1.165, 1.54) is 0 Å². The first-order valence-electron chi connectivity index (χ1n) is 5.06. The molecule has 0 bridgehead atoms. The standard InChI is InChI=1S/C8H14F2O2.C2H5F2N/c1-8(2,3)12-7(11)5-4-6(9)10;3-2(4)1-5/h6H,4-5H2,1-3H3;2H,1,5H2. The number of esters is 1. The molecule has 0 amide bonds. The van der Waals surface area contributed by atoms with Crippen LogP contribution in [0.1, 0.15) is 33.6 Å². The summed E-state index contributed by atoms with van der Waals surface area (Å²) in [6.45, 7) is 4.58. The molecule has 0 radical (unpaired) electrons. The first-order valence-corrected chi connectivity index (χ1v) is 5.06. The van der Waals surface area contributed by atoms with E-state index in [0.717, 1.165) is 0 Å². The van der Waals surface area contributed by atoms with Gasteiger partial charge in [0.2, 0.25) is 6.43 Å². The quantitative estimate of drug-likeness (QED) is 0.625. The van der Waals surface area contributed by atoms with Gasteiger partial charge in [-0.1, -0.05) is 0 Å². The van der Waals surface area contributed by atoms with E-state index in [2.05, 4.69) is 5.73 Å². The van der Waals surface area contributed by atoms with Crippen LogP contribution < -0.4 is 5.73 Å². The van der Waals surface area contributed by atoms with Gasteiger partial charge < -0.3 is 10.5 Å². The zero-order valence-corrected chi connectivity index (χ0v) is 10.2. The lowest BCUT2D eigenvalue weighted by Crippen LogP contribution is -2.23. The van der Waals surface area contributed by atoms with Crippen molar-refractivity contribution in [1.82, 2.24) is 0 Å². The summed E-state index contributed by atoms with van der Waals surface area (Å²) in [6, 6.07) is 0. The van der Waals surface area contributed by atoms with Crippen molar-refractivity contribution in [3.05, 3.63) is 0 Å². The molecule has 3 nitrogen and oxygen atoms in total. The van der Waals surface area contributed by atoms with E-state index in [1.54, 1.807) is 20.8 Å². The normalized spacial score (nSPS) is 11.2. The number of rotatable bonds is 4. The van der Waals surface area contributed by atoms with Crippen LogP contribution in [0.4, 0.5) is 17.6 Å². The minimum absolute atomic E-state index is 0.213. The molecule has 0 unspecified atom stereocenters. The van der Waals surface area contributed by atoms with Gasteiger partial charge in [-0.15, -0.1) is 0 Å². The van der Waals surface area contributed by atoms with Crippen molar-refractivity contribution in [2.75, 3.05) is 6.54 Å². The monoisotopic (exact) mass is 261 g/mol. The maximum Gasteiger partial charge on any atom is 0.306 e. The summed E-state index contributed by atoms with van der Waals surface area (Å²) in [5.41, 5.74) is 3.84. The van der Waals surface area contributed by atoms with Gasteiger partial charge in [-0.3, -0.25) is 4.79 Å². The highest BCUT2D eigenvalue weighted by Gasteiger charge is 2.17. The Morgan fingerprint density at radius 2 is 1.59 bits per heavy atom. The average molecular weight is 261 g/mol. The molecule has 17 heavy (non-hydrogen) atoms. The van der Waals surface area contributed by atoms with E-state index < -0.39 is 37.4 Å². The molecule has 0 aromatic heterocycles. The summed E-state index contributed by atoms with van der Waals surface area (Å²) in [5.74, 6) is -0.567. The van der Waals surface area contributed by atoms with E-state index in [0.29, 0.717) is 0 Å². The second-order valence-corrected chi connectivity index (χ2v) is 4.14. The third-order valence-corrected chi connectivity index (χ3v) is 1.16. The van der Waals surface area contributed by atoms with E-state index in [4.69, 9.17) is 4.74 Å². The van der Waals surface area contributed by atoms with Crippen molar-refractivity contribution < 1.29 is 27.1 Å². The molecule has 0 saturated carbocycles. The maximum atomic E-state index is 11.6. The summed E-state index contributed by atoms with van der Waals surface area (Å²) in [4.78, 5) is 10.8. The number of hydrogen-bond acceptors (Lipinski definition) is 3. The predicted molar refractivity (Wildman–Crippen MR) is 56.1 cm³/mol. The van der Waals surface area contributed by atoms with Gasteiger partial charge in [0.1, 0.15) is 5.60 Å². The molecule has 0 spiro atoms. The Morgan fingerprint density at radius 1 is 1.18 bits per heavy atom. The second kappa shape index (κ2) is 9.21. The van der Waals surface area contributed by atoms with E-state index in [9.17, 15) is 22.4 Å². The number of carbonyl (C=O) groups excluding carboxylic acids is 1. The van der Waals surface area contributed by atoms with Crippen LogP contribution in [0, 0.1) is 0 Å². The Hall–Kier alpha value is -0.850. The molecular formula is C10H19F4NO2. The zero-order chi connectivity index (χ0) is 14.1. The van der Waals surface area contributed by atoms with Gasteiger partial charge in [-0.05, 0) is 20.8 Å². The average Bonchev–Trinajstić information content (AvgIpc) is 2.13. The van der Waals surface area contributed by atoms with Crippen LogP contribution in [0.3, 0.4) is 0 Å². The molecule has 0 saturated heterocycles. The lowest BCUT2D eigenvalue weighted by Gasteiger charge is -2.19. The summed E-state index contributed by atoms with van der Waals surface area (Å²) in [5, 5.41) is 0. The molecule has 104 valence electrons. The maximum absolute atomic E-state index is 11.6. The van der Waals surface area contributed by atoms with E-state index >= 15 is 0 Å². The van der Waals surface area contributed by atoms with Gasteiger partial charge in [0, 0.05) is 6.42 Å². The number of hydrogen-bond donors (Lipinski definition) is 1. The molecule has 0 aliphatic rings. The highest BCUT2D eigenvalue weighted by molar-refractivity contribution is 5.69. The third-order valence-electron chi connectivity index (χ3n) is 1.16. The van der Waals surface area contributed by atoms with Crippen molar-refractivity contribution in [3.63, 3.8) is 0 Å². The number of carbonyl (C=O) groups is 1. The van der Waals surface area contributed by atoms with E-state index in [-0.39, 0.29) is 6.42 Å². The van der Waals surface area contributed by atoms with Crippen molar-refractivity contribution >= 4 is 5.97 Å². The molecule has 0 aliphatic heterocycles. The predicted octanol–water partition coefficient (Wildman–Crippen LogP) is 2.58. The molecule has 0 aromatic rings. The summed E-state index contributed by atoms with van der Waals surface area (Å²) >= 11 is 0. The third kappa shape index (κ3) is 21.1. The Labute approximate surface area is 98.3 Å². The van der Waals surface area contributed by atoms with Gasteiger partial charge >= 0.3 is 5.97 Å². The topological polar surface area (TPSA) is 52.3 Å². The second-order valence-electron chi connectivity index (χ2n) is 4.14. The number of nitrogens with two attached hydrogens (primary N) is 1. The van der Waals surface area contributed by atoms with Crippen molar-refractivity contribution in [1.29, 1.82) is 0 Å². The Morgan fingerprint density at radius 3 is 1.82 bits per heavy atom. The number of alkyl halides is 4. The molecule has 0 fully saturated rings. The fourth-order valence-corrected chi connectivity index (χ4v) is 0.619. The molecule has 7 heteroatoms. The molecule has 2 N–H and O–H groups in total. The molecule has 0 aromatic carbocycles. The van der Waals surface area contributed by atoms with Crippen LogP contribution in [0.5, 0.6) is 0 Å². The van der Waals surface area contributed by atoms with Crippen LogP contribution in [0.2, 0.25) is 0 Å². The molecule has 0 aliphatic carbocycles. The van der Waals surface area contributed by atoms with Gasteiger partial charge in [-0.25, -0.2) is 17.6 Å². The Balaban J connectivity index is 0. The van der Waals surface area contributed by atoms with Crippen molar-refractivity contribution in [3.8, 4) is 0 Å². The minimum Gasteiger partial charge on any atom is -0.460 e. The van der Waals surface area contributed by atoms with E-state index in [1.807, 2.05) is 0 Å². The number of ether oxygens (including phenoxy) is 1. The molecule has 0 atom stereocenters. The van der Waals surface area contributed by atoms with Crippen LogP contribution in [-0.2, 0) is 9.53 Å². The van der Waals surface area contributed by atoms with Crippen LogP contribution in [0.25, 0.3) is 0 Å². The van der Waals surface area contributed by atoms with Gasteiger partial charge in [0.15, 0.2) is 0 Å². The number of halogens is 4. The van der Waals surface area contributed by atoms with Crippen molar-refractivity contribution in [2.24, 2.45) is 5.73 Å². The zero-order valence-electron chi connectivity index (χ0n) is 10.2. The summed E-state index contributed by atoms with van der Waals surface area (Å²) in [7, 11) is 0. The summed E-state index contributed by atoms with van der Waals surface area (Å²) in [6.07, 6.45) is -5.41. The molecule has 0 rings (SSSR count). The largest absolute Gasteiger partial charge is 0.460 e. The lowest BCUT2D eigenvalue weighted by molar-refractivity contribution is -0.155. The first kappa shape index (κ1) is 18.5. The fraction of sp³-hybridized carbons (Fsp3) is 0.900. The fourth-order valence-electron chi connectivity index (χ4n) is 0.619. The highest BCUT2D eigenvalue weighted by Crippen LogP contribution is 2.11. The lowest BCUT2D eigenvalue weighted by atomic mass is 10.2. The SMILES string of the molecule is CC(C)(C)OC(=O)CCC(F)F.NCC(F)F. The molecule has 0 heterocycles. The summed E-state index contributed by atoms with van der Waals surface area (Å²) < 4.78 is 49.3. The smallest absolute Gasteiger partial charge is 0.306 e. The minimum atomic E-state index is -2.43. The van der Waals surface area contributed by atoms with Crippen LogP contribution in [-0.4, -0.2) is 31.0 Å². The Bertz CT molecular complexity index is 205. The van der Waals surface area contributed by atoms with Crippen LogP contribution in [0.15, 0.2) is 0 Å². The first-order chi connectivity index (χ1) is 7.58.